The maximum absolute atomic E-state index is 13.9. The van der Waals surface area contributed by atoms with E-state index < -0.39 is 39.9 Å². The first kappa shape index (κ1) is 28.0. The summed E-state index contributed by atoms with van der Waals surface area (Å²) in [5, 5.41) is 23.0. The van der Waals surface area contributed by atoms with Crippen molar-refractivity contribution in [2.75, 3.05) is 18.7 Å². The minimum Gasteiger partial charge on any atom is -0.463 e. The van der Waals surface area contributed by atoms with E-state index in [2.05, 4.69) is 9.97 Å². The first-order valence-corrected chi connectivity index (χ1v) is 11.2. The van der Waals surface area contributed by atoms with Crippen molar-refractivity contribution in [1.82, 2.24) is 15.0 Å². The number of ether oxygens (including phenoxy) is 2. The molecule has 0 bridgehead atoms. The molecule has 0 spiro atoms. The van der Waals surface area contributed by atoms with E-state index in [0.717, 1.165) is 22.5 Å². The molecule has 0 aliphatic rings. The molecular formula is C22H29ClFN5O6. The molecule has 0 saturated carbocycles. The minimum absolute atomic E-state index is 0.0150. The zero-order chi connectivity index (χ0) is 26.3. The van der Waals surface area contributed by atoms with Gasteiger partial charge in [-0.25, -0.2) is 14.2 Å². The Bertz CT molecular complexity index is 1070. The summed E-state index contributed by atoms with van der Waals surface area (Å²) in [7, 11) is 1.34. The molecule has 0 aliphatic heterocycles. The molecule has 0 radical (unpaired) electrons. The maximum Gasteiger partial charge on any atom is 0.429 e. The Balaban J connectivity index is 2.63. The number of aliphatic hydroxyl groups is 1. The molecular weight excluding hydrogens is 485 g/mol. The number of hydrogen-bond acceptors (Lipinski definition) is 9. The number of hydrazine groups is 1. The highest BCUT2D eigenvalue weighted by Crippen LogP contribution is 2.36. The Hall–Kier alpha value is -3.25. The third-order valence-electron chi connectivity index (χ3n) is 4.59. The van der Waals surface area contributed by atoms with Crippen LogP contribution in [-0.4, -0.2) is 50.4 Å². The number of benzene rings is 1. The molecule has 1 heterocycles. The number of amides is 1. The summed E-state index contributed by atoms with van der Waals surface area (Å²) >= 11 is 6.13. The van der Waals surface area contributed by atoms with Gasteiger partial charge in [-0.3, -0.25) is 15.1 Å². The number of halogens is 2. The lowest BCUT2D eigenvalue weighted by Gasteiger charge is -2.34. The highest BCUT2D eigenvalue weighted by atomic mass is 35.5. The van der Waals surface area contributed by atoms with Gasteiger partial charge in [-0.1, -0.05) is 31.0 Å². The van der Waals surface area contributed by atoms with Crippen LogP contribution in [0, 0.1) is 15.9 Å². The molecule has 1 N–H and O–H groups in total. The quantitative estimate of drug-likeness (QED) is 0.209. The Morgan fingerprint density at radius 1 is 1.31 bits per heavy atom. The van der Waals surface area contributed by atoms with Crippen molar-refractivity contribution in [3.8, 4) is 6.01 Å². The third kappa shape index (κ3) is 7.62. The number of aliphatic hydroxyl groups excluding tert-OH is 1. The third-order valence-corrected chi connectivity index (χ3v) is 4.85. The van der Waals surface area contributed by atoms with Crippen molar-refractivity contribution in [3.63, 3.8) is 0 Å². The lowest BCUT2D eigenvalue weighted by molar-refractivity contribution is -0.384. The smallest absolute Gasteiger partial charge is 0.429 e. The normalized spacial score (nSPS) is 11.2. The SMILES string of the molecule is CCCCOc1nc(Cl)c([N+](=O)[O-])c(N(Cc2ccc(F)c(CO)c2)N(C)C(=O)OC(C)(C)C)n1. The van der Waals surface area contributed by atoms with E-state index in [0.29, 0.717) is 12.0 Å². The first-order valence-electron chi connectivity index (χ1n) is 10.8. The molecule has 192 valence electrons. The van der Waals surface area contributed by atoms with Gasteiger partial charge in [0.15, 0.2) is 0 Å². The number of nitro groups is 1. The number of anilines is 1. The predicted octanol–water partition coefficient (Wildman–Crippen LogP) is 4.64. The Kier molecular flexibility index (Phi) is 9.55. The second-order valence-electron chi connectivity index (χ2n) is 8.57. The van der Waals surface area contributed by atoms with Gasteiger partial charge in [0.25, 0.3) is 0 Å². The number of aromatic nitrogens is 2. The van der Waals surface area contributed by atoms with Gasteiger partial charge in [0.05, 0.1) is 24.7 Å². The van der Waals surface area contributed by atoms with Crippen LogP contribution < -0.4 is 9.75 Å². The topological polar surface area (TPSA) is 131 Å². The molecule has 2 aromatic rings. The lowest BCUT2D eigenvalue weighted by atomic mass is 10.1. The summed E-state index contributed by atoms with van der Waals surface area (Å²) in [6, 6.07) is 3.73. The van der Waals surface area contributed by atoms with Crippen molar-refractivity contribution < 1.29 is 28.7 Å². The number of rotatable bonds is 10. The summed E-state index contributed by atoms with van der Waals surface area (Å²) in [5.74, 6) is -0.948. The first-order chi connectivity index (χ1) is 16.4. The highest BCUT2D eigenvalue weighted by Gasteiger charge is 2.34. The Morgan fingerprint density at radius 2 is 2.00 bits per heavy atom. The molecule has 13 heteroatoms. The van der Waals surface area contributed by atoms with Crippen molar-refractivity contribution in [3.05, 3.63) is 50.4 Å². The van der Waals surface area contributed by atoms with E-state index in [9.17, 15) is 24.4 Å². The zero-order valence-electron chi connectivity index (χ0n) is 20.2. The van der Waals surface area contributed by atoms with Crippen LogP contribution in [-0.2, 0) is 17.9 Å². The van der Waals surface area contributed by atoms with Crippen molar-refractivity contribution in [2.24, 2.45) is 0 Å². The van der Waals surface area contributed by atoms with E-state index in [1.807, 2.05) is 6.92 Å². The molecule has 1 aromatic heterocycles. The van der Waals surface area contributed by atoms with Gasteiger partial charge in [-0.05, 0) is 44.9 Å². The average Bonchev–Trinajstić information content (AvgIpc) is 2.76. The molecule has 0 aliphatic carbocycles. The van der Waals surface area contributed by atoms with E-state index in [-0.39, 0.29) is 30.5 Å². The van der Waals surface area contributed by atoms with Crippen LogP contribution in [0.25, 0.3) is 0 Å². The standard InChI is InChI=1S/C22H29ClFN5O6/c1-6-7-10-34-20-25-18(23)17(29(32)33)19(26-20)28(27(5)21(31)35-22(2,3)4)12-14-8-9-16(24)15(11-14)13-30/h8-9,11,30H,6-7,10,12-13H2,1-5H3. The van der Waals surface area contributed by atoms with Gasteiger partial charge in [0.1, 0.15) is 11.4 Å². The van der Waals surface area contributed by atoms with Gasteiger partial charge in [-0.15, -0.1) is 0 Å². The molecule has 0 saturated heterocycles. The number of nitrogens with zero attached hydrogens (tertiary/aromatic N) is 5. The largest absolute Gasteiger partial charge is 0.463 e. The van der Waals surface area contributed by atoms with E-state index in [1.165, 1.54) is 19.2 Å². The molecule has 11 nitrogen and oxygen atoms in total. The molecule has 0 atom stereocenters. The van der Waals surface area contributed by atoms with Crippen molar-refractivity contribution in [2.45, 2.75) is 59.3 Å². The van der Waals surface area contributed by atoms with Gasteiger partial charge in [0, 0.05) is 12.6 Å². The predicted molar refractivity (Wildman–Crippen MR) is 127 cm³/mol. The van der Waals surface area contributed by atoms with Crippen LogP contribution in [0.1, 0.15) is 51.7 Å². The van der Waals surface area contributed by atoms with Gasteiger partial charge in [0.2, 0.25) is 11.0 Å². The summed E-state index contributed by atoms with van der Waals surface area (Å²) in [6.45, 7) is 6.46. The Morgan fingerprint density at radius 3 is 2.57 bits per heavy atom. The van der Waals surface area contributed by atoms with Crippen LogP contribution in [0.2, 0.25) is 5.15 Å². The fraction of sp³-hybridized carbons (Fsp3) is 0.500. The molecule has 1 amide bonds. The van der Waals surface area contributed by atoms with E-state index >= 15 is 0 Å². The summed E-state index contributed by atoms with van der Waals surface area (Å²) < 4.78 is 24.8. The van der Waals surface area contributed by atoms with Gasteiger partial charge in [-0.2, -0.15) is 9.97 Å². The lowest BCUT2D eigenvalue weighted by Crippen LogP contribution is -2.46. The van der Waals surface area contributed by atoms with E-state index in [4.69, 9.17) is 21.1 Å². The molecule has 0 fully saturated rings. The second kappa shape index (κ2) is 11.9. The van der Waals surface area contributed by atoms with Crippen LogP contribution in [0.4, 0.5) is 20.7 Å². The maximum atomic E-state index is 13.9. The van der Waals surface area contributed by atoms with E-state index in [1.54, 1.807) is 20.8 Å². The average molecular weight is 514 g/mol. The van der Waals surface area contributed by atoms with Gasteiger partial charge >= 0.3 is 17.8 Å². The highest BCUT2D eigenvalue weighted by molar-refractivity contribution is 6.32. The number of unbranched alkanes of at least 4 members (excludes halogenated alkanes) is 1. The molecule has 2 rings (SSSR count). The van der Waals surface area contributed by atoms with Crippen molar-refractivity contribution in [1.29, 1.82) is 0 Å². The van der Waals surface area contributed by atoms with Crippen molar-refractivity contribution >= 4 is 29.2 Å². The molecule has 1 aromatic carbocycles. The monoisotopic (exact) mass is 513 g/mol. The number of carbonyl (C=O) groups excluding carboxylic acids is 1. The molecule has 35 heavy (non-hydrogen) atoms. The van der Waals surface area contributed by atoms with Crippen LogP contribution in [0.3, 0.4) is 0 Å². The van der Waals surface area contributed by atoms with Crippen LogP contribution >= 0.6 is 11.6 Å². The second-order valence-corrected chi connectivity index (χ2v) is 8.93. The summed E-state index contributed by atoms with van der Waals surface area (Å²) in [6.07, 6.45) is 0.687. The number of carbonyl (C=O) groups is 1. The number of hydrogen-bond donors (Lipinski definition) is 1. The van der Waals surface area contributed by atoms with Crippen LogP contribution in [0.5, 0.6) is 6.01 Å². The summed E-state index contributed by atoms with van der Waals surface area (Å²) in [4.78, 5) is 32.1. The fourth-order valence-corrected chi connectivity index (χ4v) is 3.10. The zero-order valence-corrected chi connectivity index (χ0v) is 21.0. The Labute approximate surface area is 207 Å². The summed E-state index contributed by atoms with van der Waals surface area (Å²) in [5.41, 5.74) is -1.08. The minimum atomic E-state index is -0.860. The molecule has 0 unspecified atom stereocenters. The van der Waals surface area contributed by atoms with Gasteiger partial charge < -0.3 is 14.6 Å². The fourth-order valence-electron chi connectivity index (χ4n) is 2.88. The van der Waals surface area contributed by atoms with Crippen LogP contribution in [0.15, 0.2) is 18.2 Å².